The van der Waals surface area contributed by atoms with Gasteiger partial charge in [-0.05, 0) is 110 Å². The average molecular weight is 359 g/mol. The van der Waals surface area contributed by atoms with E-state index in [9.17, 15) is 0 Å². The third-order valence-corrected chi connectivity index (χ3v) is 11.8. The highest BCUT2D eigenvalue weighted by atomic mass is 16.5. The second-order valence-corrected chi connectivity index (χ2v) is 11.9. The molecule has 0 radical (unpaired) electrons. The first-order chi connectivity index (χ1) is 12.4. The Bertz CT molecular complexity index is 571. The molecule has 0 aromatic heterocycles. The molecule has 5 saturated carbocycles. The summed E-state index contributed by atoms with van der Waals surface area (Å²) in [6.07, 6.45) is 15.3. The van der Waals surface area contributed by atoms with Gasteiger partial charge >= 0.3 is 0 Å². The van der Waals surface area contributed by atoms with Crippen LogP contribution in [0.5, 0.6) is 0 Å². The van der Waals surface area contributed by atoms with Gasteiger partial charge in [-0.15, -0.1) is 0 Å². The number of fused-ring (bicyclic) bond motifs is 4. The Labute approximate surface area is 162 Å². The Morgan fingerprint density at radius 2 is 1.62 bits per heavy atom. The van der Waals surface area contributed by atoms with Gasteiger partial charge in [-0.2, -0.15) is 0 Å². The Kier molecular flexibility index (Phi) is 3.98. The van der Waals surface area contributed by atoms with Crippen LogP contribution in [0.2, 0.25) is 0 Å². The molecule has 0 saturated heterocycles. The molecule has 0 spiro atoms. The van der Waals surface area contributed by atoms with E-state index in [1.165, 1.54) is 57.8 Å². The smallest absolute Gasteiger partial charge is 0.0602 e. The van der Waals surface area contributed by atoms with Crippen molar-refractivity contribution in [1.29, 1.82) is 0 Å². The third-order valence-electron chi connectivity index (χ3n) is 11.8. The Hall–Kier alpha value is -0.0400. The van der Waals surface area contributed by atoms with Gasteiger partial charge in [0.15, 0.2) is 0 Å². The van der Waals surface area contributed by atoms with Crippen LogP contribution in [0.4, 0.5) is 0 Å². The van der Waals surface area contributed by atoms with E-state index in [2.05, 4.69) is 27.7 Å². The molecule has 0 aromatic rings. The van der Waals surface area contributed by atoms with Crippen LogP contribution in [0, 0.1) is 51.8 Å². The van der Waals surface area contributed by atoms with E-state index in [-0.39, 0.29) is 0 Å². The van der Waals surface area contributed by atoms with E-state index in [0.717, 1.165) is 35.5 Å². The largest absolute Gasteiger partial charge is 0.381 e. The summed E-state index contributed by atoms with van der Waals surface area (Å²) in [5.74, 6) is 5.95. The third kappa shape index (κ3) is 2.03. The van der Waals surface area contributed by atoms with Crippen LogP contribution in [0.25, 0.3) is 0 Å². The van der Waals surface area contributed by atoms with Crippen molar-refractivity contribution in [2.45, 2.75) is 98.0 Å². The zero-order valence-electron chi connectivity index (χ0n) is 18.0. The Morgan fingerprint density at radius 3 is 2.35 bits per heavy atom. The second kappa shape index (κ2) is 5.74. The predicted octanol–water partition coefficient (Wildman–Crippen LogP) is 6.71. The van der Waals surface area contributed by atoms with Crippen LogP contribution in [0.1, 0.15) is 91.9 Å². The van der Waals surface area contributed by atoms with Gasteiger partial charge in [-0.3, -0.25) is 0 Å². The topological polar surface area (TPSA) is 9.23 Å². The van der Waals surface area contributed by atoms with E-state index < -0.39 is 0 Å². The first-order valence-electron chi connectivity index (χ1n) is 11.9. The van der Waals surface area contributed by atoms with Gasteiger partial charge in [0.05, 0.1) is 6.10 Å². The fourth-order valence-electron chi connectivity index (χ4n) is 9.92. The lowest BCUT2D eigenvalue weighted by Gasteiger charge is -2.63. The normalized spacial score (nSPS) is 61.0. The molecule has 5 aliphatic carbocycles. The minimum absolute atomic E-state index is 0.574. The molecule has 5 aliphatic rings. The molecule has 0 aliphatic heterocycles. The number of ether oxygens (including phenoxy) is 1. The van der Waals surface area contributed by atoms with E-state index in [4.69, 9.17) is 4.74 Å². The van der Waals surface area contributed by atoms with Crippen molar-refractivity contribution in [3.8, 4) is 0 Å². The maximum Gasteiger partial charge on any atom is 0.0602 e. The SMILES string of the molecule is CCC1(C)CCC2C3CCC4CC5C(OC)CCC(C)(C3CCC21C)C45. The summed E-state index contributed by atoms with van der Waals surface area (Å²) in [5.41, 5.74) is 1.84. The maximum atomic E-state index is 5.94. The molecule has 1 nitrogen and oxygen atoms in total. The molecule has 0 N–H and O–H groups in total. The summed E-state index contributed by atoms with van der Waals surface area (Å²) in [4.78, 5) is 0. The lowest BCUT2D eigenvalue weighted by Crippen LogP contribution is -2.59. The fraction of sp³-hybridized carbons (Fsp3) is 1.00. The highest BCUT2D eigenvalue weighted by Crippen LogP contribution is 2.73. The standard InChI is InChI=1S/C25H42O/c1-6-23(2)12-9-20-17-8-7-16-15-18-21(26-5)11-13-24(3,22(16)18)19(17)10-14-25(20,23)4/h16-22H,6-15H2,1-5H3. The monoisotopic (exact) mass is 358 g/mol. The molecule has 26 heavy (non-hydrogen) atoms. The molecule has 1 heteroatoms. The number of methoxy groups -OCH3 is 1. The van der Waals surface area contributed by atoms with Crippen LogP contribution < -0.4 is 0 Å². The minimum atomic E-state index is 0.574. The van der Waals surface area contributed by atoms with Crippen LogP contribution in [0.3, 0.4) is 0 Å². The van der Waals surface area contributed by atoms with Crippen molar-refractivity contribution in [3.63, 3.8) is 0 Å². The van der Waals surface area contributed by atoms with Gasteiger partial charge in [0.2, 0.25) is 0 Å². The van der Waals surface area contributed by atoms with Crippen molar-refractivity contribution in [3.05, 3.63) is 0 Å². The Balaban J connectivity index is 1.49. The van der Waals surface area contributed by atoms with Gasteiger partial charge in [0, 0.05) is 7.11 Å². The van der Waals surface area contributed by atoms with Crippen LogP contribution in [-0.2, 0) is 4.74 Å². The zero-order chi connectivity index (χ0) is 18.3. The summed E-state index contributed by atoms with van der Waals surface area (Å²) in [6.45, 7) is 10.5. The lowest BCUT2D eigenvalue weighted by atomic mass is 9.42. The molecular formula is C25H42O. The first-order valence-corrected chi connectivity index (χ1v) is 11.9. The molecule has 148 valence electrons. The molecule has 5 fully saturated rings. The molecule has 5 rings (SSSR count). The Morgan fingerprint density at radius 1 is 0.846 bits per heavy atom. The van der Waals surface area contributed by atoms with Crippen molar-refractivity contribution in [2.24, 2.45) is 51.8 Å². The predicted molar refractivity (Wildman–Crippen MR) is 108 cm³/mol. The van der Waals surface area contributed by atoms with Crippen molar-refractivity contribution in [2.75, 3.05) is 7.11 Å². The van der Waals surface area contributed by atoms with E-state index in [1.807, 2.05) is 7.11 Å². The van der Waals surface area contributed by atoms with Crippen molar-refractivity contribution < 1.29 is 4.74 Å². The van der Waals surface area contributed by atoms with Crippen LogP contribution in [-0.4, -0.2) is 13.2 Å². The summed E-state index contributed by atoms with van der Waals surface area (Å²) >= 11 is 0. The number of hydrogen-bond acceptors (Lipinski definition) is 1. The summed E-state index contributed by atoms with van der Waals surface area (Å²) in [7, 11) is 1.97. The maximum absolute atomic E-state index is 5.94. The van der Waals surface area contributed by atoms with Gasteiger partial charge in [0.1, 0.15) is 0 Å². The number of rotatable bonds is 2. The molecule has 0 bridgehead atoms. The van der Waals surface area contributed by atoms with E-state index >= 15 is 0 Å². The van der Waals surface area contributed by atoms with Gasteiger partial charge in [-0.1, -0.05) is 34.1 Å². The summed E-state index contributed by atoms with van der Waals surface area (Å²) in [5, 5.41) is 0. The second-order valence-electron chi connectivity index (χ2n) is 11.9. The van der Waals surface area contributed by atoms with Gasteiger partial charge in [0.25, 0.3) is 0 Å². The molecule has 10 unspecified atom stereocenters. The quantitative estimate of drug-likeness (QED) is 0.533. The van der Waals surface area contributed by atoms with E-state index in [1.54, 1.807) is 6.42 Å². The van der Waals surface area contributed by atoms with E-state index in [0.29, 0.717) is 22.3 Å². The molecular weight excluding hydrogens is 316 g/mol. The number of hydrogen-bond donors (Lipinski definition) is 0. The summed E-state index contributed by atoms with van der Waals surface area (Å²) in [6, 6.07) is 0. The fourth-order valence-corrected chi connectivity index (χ4v) is 9.92. The van der Waals surface area contributed by atoms with Crippen LogP contribution >= 0.6 is 0 Å². The van der Waals surface area contributed by atoms with Gasteiger partial charge in [-0.25, -0.2) is 0 Å². The van der Waals surface area contributed by atoms with Crippen LogP contribution in [0.15, 0.2) is 0 Å². The highest BCUT2D eigenvalue weighted by Gasteiger charge is 2.66. The molecule has 0 aromatic carbocycles. The average Bonchev–Trinajstić information content (AvgIpc) is 2.81. The van der Waals surface area contributed by atoms with Crippen molar-refractivity contribution >= 4 is 0 Å². The molecule has 0 amide bonds. The zero-order valence-corrected chi connectivity index (χ0v) is 18.0. The van der Waals surface area contributed by atoms with Gasteiger partial charge < -0.3 is 4.74 Å². The summed E-state index contributed by atoms with van der Waals surface area (Å²) < 4.78 is 5.94. The van der Waals surface area contributed by atoms with Crippen molar-refractivity contribution in [1.82, 2.24) is 0 Å². The lowest BCUT2D eigenvalue weighted by molar-refractivity contribution is -0.177. The molecule has 0 heterocycles. The first kappa shape index (κ1) is 18.0. The highest BCUT2D eigenvalue weighted by molar-refractivity contribution is 5.15. The molecule has 10 atom stereocenters. The minimum Gasteiger partial charge on any atom is -0.381 e.